The minimum Gasteiger partial charge on any atom is -0.337 e. The fraction of sp³-hybridized carbons (Fsp3) is 0.190. The molecule has 1 aliphatic heterocycles. The van der Waals surface area contributed by atoms with Crippen molar-refractivity contribution < 1.29 is 18.1 Å². The molecule has 0 spiro atoms. The first-order valence-electron chi connectivity index (χ1n) is 9.30. The Hall–Kier alpha value is -3.30. The van der Waals surface area contributed by atoms with Crippen molar-refractivity contribution in [3.63, 3.8) is 0 Å². The van der Waals surface area contributed by atoms with E-state index < -0.39 is 14.9 Å². The predicted molar refractivity (Wildman–Crippen MR) is 115 cm³/mol. The van der Waals surface area contributed by atoms with E-state index >= 15 is 0 Å². The number of hydrogen-bond donors (Lipinski definition) is 0. The average Bonchev–Trinajstić information content (AvgIpc) is 2.77. The summed E-state index contributed by atoms with van der Waals surface area (Å²) in [5, 5.41) is 12.2. The zero-order chi connectivity index (χ0) is 21.6. The summed E-state index contributed by atoms with van der Waals surface area (Å²) in [6, 6.07) is 15.3. The molecule has 1 heterocycles. The quantitative estimate of drug-likeness (QED) is 0.401. The molecule has 156 valence electrons. The van der Waals surface area contributed by atoms with Crippen LogP contribution in [0, 0.1) is 10.1 Å². The summed E-state index contributed by atoms with van der Waals surface area (Å²) in [4.78, 5) is 24.5. The van der Waals surface area contributed by atoms with Crippen LogP contribution >= 0.6 is 0 Å². The first-order chi connectivity index (χ1) is 14.4. The van der Waals surface area contributed by atoms with Crippen LogP contribution < -0.4 is 0 Å². The Balaban J connectivity index is 1.59. The molecule has 0 saturated carbocycles. The van der Waals surface area contributed by atoms with Crippen molar-refractivity contribution in [2.24, 2.45) is 0 Å². The van der Waals surface area contributed by atoms with Gasteiger partial charge in [-0.3, -0.25) is 14.9 Å². The molecule has 9 heteroatoms. The third-order valence-corrected chi connectivity index (χ3v) is 6.25. The minimum absolute atomic E-state index is 0.0809. The lowest BCUT2D eigenvalue weighted by atomic mass is 10.1. The summed E-state index contributed by atoms with van der Waals surface area (Å²) in [5.74, 6) is -0.315. The molecule has 0 aliphatic carbocycles. The van der Waals surface area contributed by atoms with E-state index in [1.54, 1.807) is 24.3 Å². The van der Waals surface area contributed by atoms with E-state index in [-0.39, 0.29) is 37.8 Å². The second-order valence-corrected chi connectivity index (χ2v) is 8.45. The Bertz CT molecular complexity index is 1070. The maximum atomic E-state index is 12.5. The number of nitrogens with zero attached hydrogens (tertiary/aromatic N) is 3. The molecule has 0 N–H and O–H groups in total. The molecule has 1 amide bonds. The van der Waals surface area contributed by atoms with Crippen molar-refractivity contribution in [2.45, 2.75) is 0 Å². The van der Waals surface area contributed by atoms with E-state index in [9.17, 15) is 23.3 Å². The van der Waals surface area contributed by atoms with Gasteiger partial charge in [0.15, 0.2) is 0 Å². The number of amides is 1. The number of benzene rings is 2. The number of carbonyl (C=O) groups is 1. The Morgan fingerprint density at radius 1 is 0.933 bits per heavy atom. The molecule has 0 unspecified atom stereocenters. The molecule has 8 nitrogen and oxygen atoms in total. The molecule has 3 rings (SSSR count). The normalized spacial score (nSPS) is 15.7. The fourth-order valence-corrected chi connectivity index (χ4v) is 4.21. The van der Waals surface area contributed by atoms with Crippen LogP contribution in [0.3, 0.4) is 0 Å². The minimum atomic E-state index is -3.58. The number of para-hydroxylation sites is 1. The summed E-state index contributed by atoms with van der Waals surface area (Å²) in [6.07, 6.45) is 4.23. The summed E-state index contributed by atoms with van der Waals surface area (Å²) < 4.78 is 26.3. The van der Waals surface area contributed by atoms with Crippen molar-refractivity contribution in [3.8, 4) is 0 Å². The zero-order valence-electron chi connectivity index (χ0n) is 16.1. The highest BCUT2D eigenvalue weighted by molar-refractivity contribution is 7.92. The zero-order valence-corrected chi connectivity index (χ0v) is 16.9. The van der Waals surface area contributed by atoms with Crippen molar-refractivity contribution >= 4 is 33.8 Å². The molecule has 0 atom stereocenters. The van der Waals surface area contributed by atoms with Gasteiger partial charge in [0.1, 0.15) is 0 Å². The number of sulfonamides is 1. The van der Waals surface area contributed by atoms with Crippen LogP contribution in [0.2, 0.25) is 0 Å². The molecule has 1 saturated heterocycles. The van der Waals surface area contributed by atoms with Gasteiger partial charge in [0.2, 0.25) is 15.9 Å². The molecular formula is C21H21N3O5S. The van der Waals surface area contributed by atoms with Gasteiger partial charge in [0, 0.05) is 43.7 Å². The van der Waals surface area contributed by atoms with Crippen LogP contribution in [0.15, 0.2) is 66.1 Å². The summed E-state index contributed by atoms with van der Waals surface area (Å²) in [7, 11) is -3.58. The maximum absolute atomic E-state index is 12.5. The van der Waals surface area contributed by atoms with Crippen LogP contribution in [0.25, 0.3) is 12.2 Å². The summed E-state index contributed by atoms with van der Waals surface area (Å²) >= 11 is 0. The third-order valence-electron chi connectivity index (χ3n) is 4.68. The molecule has 0 radical (unpaired) electrons. The van der Waals surface area contributed by atoms with Crippen molar-refractivity contribution in [3.05, 3.63) is 87.3 Å². The molecule has 30 heavy (non-hydrogen) atoms. The Morgan fingerprint density at radius 2 is 1.57 bits per heavy atom. The number of nitro groups is 1. The lowest BCUT2D eigenvalue weighted by Crippen LogP contribution is -2.49. The second kappa shape index (κ2) is 9.47. The fourth-order valence-electron chi connectivity index (χ4n) is 3.04. The van der Waals surface area contributed by atoms with Gasteiger partial charge in [-0.1, -0.05) is 42.5 Å². The lowest BCUT2D eigenvalue weighted by molar-refractivity contribution is -0.385. The summed E-state index contributed by atoms with van der Waals surface area (Å²) in [6.45, 7) is 0.871. The molecule has 0 bridgehead atoms. The highest BCUT2D eigenvalue weighted by Crippen LogP contribution is 2.19. The van der Waals surface area contributed by atoms with Gasteiger partial charge in [-0.25, -0.2) is 8.42 Å². The number of nitro benzene ring substituents is 1. The standard InChI is InChI=1S/C21H21N3O5S/c25-21(11-10-19-8-4-5-9-20(19)24(26)27)22-13-15-23(16-14-22)30(28,29)17-12-18-6-2-1-3-7-18/h1-12,17H,13-16H2. The van der Waals surface area contributed by atoms with Crippen molar-refractivity contribution in [2.75, 3.05) is 26.2 Å². The van der Waals surface area contributed by atoms with Crippen LogP contribution in [0.1, 0.15) is 11.1 Å². The molecule has 1 aliphatic rings. The SMILES string of the molecule is O=C(C=Cc1ccccc1[N+](=O)[O-])N1CCN(S(=O)(=O)C=Cc2ccccc2)CC1. The Labute approximate surface area is 174 Å². The molecule has 2 aromatic carbocycles. The van der Waals surface area contributed by atoms with Gasteiger partial charge in [-0.15, -0.1) is 0 Å². The summed E-state index contributed by atoms with van der Waals surface area (Å²) in [5.41, 5.74) is 1.04. The molecular weight excluding hydrogens is 406 g/mol. The second-order valence-electron chi connectivity index (χ2n) is 6.63. The van der Waals surface area contributed by atoms with Gasteiger partial charge >= 0.3 is 0 Å². The smallest absolute Gasteiger partial charge is 0.276 e. The van der Waals surface area contributed by atoms with Gasteiger partial charge in [-0.2, -0.15) is 4.31 Å². The Kier molecular flexibility index (Phi) is 6.76. The van der Waals surface area contributed by atoms with Gasteiger partial charge < -0.3 is 4.90 Å². The van der Waals surface area contributed by atoms with Crippen LogP contribution in [0.5, 0.6) is 0 Å². The van der Waals surface area contributed by atoms with Crippen LogP contribution in [0.4, 0.5) is 5.69 Å². The van der Waals surface area contributed by atoms with E-state index in [0.717, 1.165) is 5.56 Å². The van der Waals surface area contributed by atoms with E-state index in [1.807, 2.05) is 30.3 Å². The van der Waals surface area contributed by atoms with Gasteiger partial charge in [-0.05, 0) is 23.8 Å². The largest absolute Gasteiger partial charge is 0.337 e. The number of rotatable bonds is 6. The highest BCUT2D eigenvalue weighted by atomic mass is 32.2. The maximum Gasteiger partial charge on any atom is 0.276 e. The van der Waals surface area contributed by atoms with Gasteiger partial charge in [0.05, 0.1) is 10.5 Å². The van der Waals surface area contributed by atoms with Crippen molar-refractivity contribution in [1.82, 2.24) is 9.21 Å². The van der Waals surface area contributed by atoms with E-state index in [2.05, 4.69) is 0 Å². The van der Waals surface area contributed by atoms with Crippen LogP contribution in [-0.2, 0) is 14.8 Å². The third kappa shape index (κ3) is 5.40. The average molecular weight is 427 g/mol. The number of piperazine rings is 1. The van der Waals surface area contributed by atoms with Gasteiger partial charge in [0.25, 0.3) is 5.69 Å². The van der Waals surface area contributed by atoms with Crippen molar-refractivity contribution in [1.29, 1.82) is 0 Å². The molecule has 1 fully saturated rings. The highest BCUT2D eigenvalue weighted by Gasteiger charge is 2.26. The topological polar surface area (TPSA) is 101 Å². The first-order valence-corrected chi connectivity index (χ1v) is 10.8. The first kappa shape index (κ1) is 21.4. The molecule has 0 aromatic heterocycles. The molecule has 2 aromatic rings. The predicted octanol–water partition coefficient (Wildman–Crippen LogP) is 2.75. The Morgan fingerprint density at radius 3 is 2.23 bits per heavy atom. The lowest BCUT2D eigenvalue weighted by Gasteiger charge is -2.32. The van der Waals surface area contributed by atoms with E-state index in [4.69, 9.17) is 0 Å². The van der Waals surface area contributed by atoms with Crippen LogP contribution in [-0.4, -0.2) is 54.6 Å². The number of carbonyl (C=O) groups excluding carboxylic acids is 1. The van der Waals surface area contributed by atoms with E-state index in [1.165, 1.54) is 32.8 Å². The number of hydrogen-bond acceptors (Lipinski definition) is 5. The van der Waals surface area contributed by atoms with E-state index in [0.29, 0.717) is 5.56 Å². The monoisotopic (exact) mass is 427 g/mol.